The van der Waals surface area contributed by atoms with Crippen molar-refractivity contribution >= 4 is 23.2 Å². The molecule has 0 saturated carbocycles. The molecule has 0 heterocycles. The lowest BCUT2D eigenvalue weighted by Crippen LogP contribution is -2.24. The van der Waals surface area contributed by atoms with Crippen LogP contribution in [0.4, 0.5) is 0 Å². The van der Waals surface area contributed by atoms with Gasteiger partial charge in [0.25, 0.3) is 0 Å². The van der Waals surface area contributed by atoms with E-state index in [1.54, 1.807) is 26.2 Å². The minimum Gasteiger partial charge on any atom is -0.493 e. The third-order valence-corrected chi connectivity index (χ3v) is 4.01. The second-order valence-electron chi connectivity index (χ2n) is 5.45. The van der Waals surface area contributed by atoms with E-state index in [0.29, 0.717) is 41.2 Å². The van der Waals surface area contributed by atoms with Crippen molar-refractivity contribution in [3.8, 4) is 11.5 Å². The zero-order chi connectivity index (χ0) is 17.5. The van der Waals surface area contributed by atoms with Crippen LogP contribution in [0.15, 0.2) is 36.4 Å². The van der Waals surface area contributed by atoms with Crippen molar-refractivity contribution in [1.82, 2.24) is 5.32 Å². The van der Waals surface area contributed by atoms with E-state index in [1.165, 1.54) is 0 Å². The Labute approximate surface area is 152 Å². The van der Waals surface area contributed by atoms with Gasteiger partial charge in [0.15, 0.2) is 11.5 Å². The molecule has 2 aromatic carbocycles. The van der Waals surface area contributed by atoms with Gasteiger partial charge in [-0.3, -0.25) is 0 Å². The van der Waals surface area contributed by atoms with E-state index >= 15 is 0 Å². The molecule has 0 aliphatic heterocycles. The number of methoxy groups -OCH3 is 1. The van der Waals surface area contributed by atoms with Crippen molar-refractivity contribution in [2.75, 3.05) is 13.7 Å². The molecule has 0 aliphatic rings. The number of benzene rings is 2. The van der Waals surface area contributed by atoms with Crippen molar-refractivity contribution in [3.05, 3.63) is 57.6 Å². The van der Waals surface area contributed by atoms with Crippen LogP contribution in [0.3, 0.4) is 0 Å². The molecule has 0 amide bonds. The molecule has 0 aliphatic carbocycles. The van der Waals surface area contributed by atoms with Gasteiger partial charge >= 0.3 is 0 Å². The third-order valence-electron chi connectivity index (χ3n) is 3.42. The summed E-state index contributed by atoms with van der Waals surface area (Å²) in [5.74, 6) is 1.31. The number of aliphatic hydroxyl groups excluding tert-OH is 1. The maximum atomic E-state index is 9.36. The highest BCUT2D eigenvalue weighted by Crippen LogP contribution is 2.32. The average molecular weight is 370 g/mol. The number of halogens is 2. The maximum Gasteiger partial charge on any atom is 0.166 e. The first-order valence-corrected chi connectivity index (χ1v) is 8.38. The molecule has 6 heteroatoms. The van der Waals surface area contributed by atoms with E-state index in [9.17, 15) is 5.11 Å². The van der Waals surface area contributed by atoms with Crippen molar-refractivity contribution in [3.63, 3.8) is 0 Å². The van der Waals surface area contributed by atoms with Gasteiger partial charge in [0, 0.05) is 34.3 Å². The minimum atomic E-state index is -0.409. The Morgan fingerprint density at radius 3 is 2.62 bits per heavy atom. The molecule has 2 rings (SSSR count). The second-order valence-corrected chi connectivity index (χ2v) is 6.30. The first-order valence-electron chi connectivity index (χ1n) is 7.62. The molecule has 4 nitrogen and oxygen atoms in total. The van der Waals surface area contributed by atoms with Crippen LogP contribution < -0.4 is 14.8 Å². The molecule has 2 N–H and O–H groups in total. The zero-order valence-corrected chi connectivity index (χ0v) is 15.2. The maximum absolute atomic E-state index is 9.36. The lowest BCUT2D eigenvalue weighted by atomic mass is 10.1. The highest BCUT2D eigenvalue weighted by Gasteiger charge is 2.12. The SMILES string of the molecule is COc1cccc(CNC[C@@H](C)O)c1OCc1ccc(Cl)cc1Cl. The summed E-state index contributed by atoms with van der Waals surface area (Å²) in [5, 5.41) is 13.7. The van der Waals surface area contributed by atoms with Crippen LogP contribution in [0.1, 0.15) is 18.1 Å². The minimum absolute atomic E-state index is 0.305. The van der Waals surface area contributed by atoms with Crippen LogP contribution in [-0.2, 0) is 13.2 Å². The lowest BCUT2D eigenvalue weighted by Gasteiger charge is -2.16. The van der Waals surface area contributed by atoms with E-state index in [1.807, 2.05) is 24.3 Å². The smallest absolute Gasteiger partial charge is 0.166 e. The van der Waals surface area contributed by atoms with Crippen molar-refractivity contribution < 1.29 is 14.6 Å². The monoisotopic (exact) mass is 369 g/mol. The number of para-hydroxylation sites is 1. The number of hydrogen-bond donors (Lipinski definition) is 2. The van der Waals surface area contributed by atoms with Gasteiger partial charge in [-0.05, 0) is 25.1 Å². The summed E-state index contributed by atoms with van der Waals surface area (Å²) in [7, 11) is 1.60. The van der Waals surface area contributed by atoms with Crippen LogP contribution in [0, 0.1) is 0 Å². The Morgan fingerprint density at radius 2 is 1.96 bits per heavy atom. The molecule has 130 valence electrons. The highest BCUT2D eigenvalue weighted by molar-refractivity contribution is 6.35. The van der Waals surface area contributed by atoms with E-state index in [0.717, 1.165) is 11.1 Å². The summed E-state index contributed by atoms with van der Waals surface area (Å²) in [4.78, 5) is 0. The van der Waals surface area contributed by atoms with Gasteiger partial charge in [-0.1, -0.05) is 41.4 Å². The predicted octanol–water partition coefficient (Wildman–Crippen LogP) is 4.05. The largest absolute Gasteiger partial charge is 0.493 e. The fraction of sp³-hybridized carbons (Fsp3) is 0.333. The zero-order valence-electron chi connectivity index (χ0n) is 13.7. The lowest BCUT2D eigenvalue weighted by molar-refractivity contribution is 0.190. The molecule has 0 spiro atoms. The van der Waals surface area contributed by atoms with E-state index in [4.69, 9.17) is 32.7 Å². The fourth-order valence-corrected chi connectivity index (χ4v) is 2.69. The molecule has 0 bridgehead atoms. The predicted molar refractivity (Wildman–Crippen MR) is 97.2 cm³/mol. The van der Waals surface area contributed by atoms with Gasteiger partial charge < -0.3 is 19.9 Å². The molecule has 24 heavy (non-hydrogen) atoms. The van der Waals surface area contributed by atoms with Gasteiger partial charge in [-0.25, -0.2) is 0 Å². The third kappa shape index (κ3) is 5.28. The summed E-state index contributed by atoms with van der Waals surface area (Å²) in [5.41, 5.74) is 1.79. The van der Waals surface area contributed by atoms with E-state index in [-0.39, 0.29) is 0 Å². The van der Waals surface area contributed by atoms with Crippen LogP contribution in [0.5, 0.6) is 11.5 Å². The van der Waals surface area contributed by atoms with Gasteiger partial charge in [-0.2, -0.15) is 0 Å². The average Bonchev–Trinajstić information content (AvgIpc) is 2.54. The van der Waals surface area contributed by atoms with Gasteiger partial charge in [0.05, 0.1) is 13.2 Å². The second kappa shape index (κ2) is 9.14. The van der Waals surface area contributed by atoms with Crippen LogP contribution in [0.2, 0.25) is 10.0 Å². The number of hydrogen-bond acceptors (Lipinski definition) is 4. The van der Waals surface area contributed by atoms with Gasteiger partial charge in [0.1, 0.15) is 6.61 Å². The van der Waals surface area contributed by atoms with Gasteiger partial charge in [0.2, 0.25) is 0 Å². The Bertz CT molecular complexity index is 677. The first kappa shape index (κ1) is 18.9. The van der Waals surface area contributed by atoms with Crippen molar-refractivity contribution in [2.24, 2.45) is 0 Å². The fourth-order valence-electron chi connectivity index (χ4n) is 2.23. The molecule has 0 unspecified atom stereocenters. The van der Waals surface area contributed by atoms with Crippen LogP contribution in [0.25, 0.3) is 0 Å². The number of rotatable bonds is 8. The highest BCUT2D eigenvalue weighted by atomic mass is 35.5. The van der Waals surface area contributed by atoms with E-state index < -0.39 is 6.10 Å². The quantitative estimate of drug-likeness (QED) is 0.736. The molecular formula is C18H21Cl2NO3. The Balaban J connectivity index is 2.14. The summed E-state index contributed by atoms with van der Waals surface area (Å²) < 4.78 is 11.4. The molecular weight excluding hydrogens is 349 g/mol. The van der Waals surface area contributed by atoms with Crippen molar-refractivity contribution in [1.29, 1.82) is 0 Å². The normalized spacial score (nSPS) is 12.0. The molecule has 0 aromatic heterocycles. The number of aliphatic hydroxyl groups is 1. The molecule has 0 radical (unpaired) electrons. The molecule has 1 atom stereocenters. The summed E-state index contributed by atoms with van der Waals surface area (Å²) in [6, 6.07) is 11.0. The van der Waals surface area contributed by atoms with Crippen LogP contribution in [-0.4, -0.2) is 24.9 Å². The topological polar surface area (TPSA) is 50.7 Å². The molecule has 0 saturated heterocycles. The molecule has 2 aromatic rings. The van der Waals surface area contributed by atoms with Gasteiger partial charge in [-0.15, -0.1) is 0 Å². The van der Waals surface area contributed by atoms with Crippen molar-refractivity contribution in [2.45, 2.75) is 26.2 Å². The first-order chi connectivity index (χ1) is 11.5. The summed E-state index contributed by atoms with van der Waals surface area (Å²) in [6.07, 6.45) is -0.409. The standard InChI is InChI=1S/C18H21Cl2NO3/c1-12(22)9-21-10-13-4-3-5-17(23-2)18(13)24-11-14-6-7-15(19)8-16(14)20/h3-8,12,21-22H,9-11H2,1-2H3/t12-/m1/s1. The Hall–Kier alpha value is -1.46. The molecule has 0 fully saturated rings. The Kier molecular flexibility index (Phi) is 7.18. The summed E-state index contributed by atoms with van der Waals surface area (Å²) >= 11 is 12.1. The van der Waals surface area contributed by atoms with Crippen LogP contribution >= 0.6 is 23.2 Å². The summed E-state index contributed by atoms with van der Waals surface area (Å²) in [6.45, 7) is 3.10. The Morgan fingerprint density at radius 1 is 1.17 bits per heavy atom. The number of ether oxygens (including phenoxy) is 2. The number of nitrogens with one attached hydrogen (secondary N) is 1. The van der Waals surface area contributed by atoms with E-state index in [2.05, 4.69) is 5.32 Å².